The lowest BCUT2D eigenvalue weighted by molar-refractivity contribution is -0.137. The molecule has 0 aromatic heterocycles. The second-order valence-corrected chi connectivity index (χ2v) is 7.71. The number of nitrogens with one attached hydrogen (secondary N) is 1. The van der Waals surface area contributed by atoms with Crippen LogP contribution in [0.2, 0.25) is 0 Å². The second-order valence-electron chi connectivity index (χ2n) is 6.86. The van der Waals surface area contributed by atoms with Crippen molar-refractivity contribution in [2.24, 2.45) is 0 Å². The molecule has 0 atom stereocenters. The molecular formula is C20H20BrF4N3O. The van der Waals surface area contributed by atoms with Crippen LogP contribution in [0.4, 0.5) is 23.2 Å². The maximum atomic E-state index is 14.1. The number of carbonyl (C=O) groups is 1. The number of piperazine rings is 1. The van der Waals surface area contributed by atoms with E-state index in [2.05, 4.69) is 26.1 Å². The average Bonchev–Trinajstić information content (AvgIpc) is 2.66. The van der Waals surface area contributed by atoms with E-state index in [0.717, 1.165) is 6.07 Å². The van der Waals surface area contributed by atoms with E-state index in [0.29, 0.717) is 42.8 Å². The zero-order chi connectivity index (χ0) is 21.0. The molecule has 1 aliphatic heterocycles. The summed E-state index contributed by atoms with van der Waals surface area (Å²) in [7, 11) is 0. The normalized spacial score (nSPS) is 16.0. The fraction of sp³-hybridized carbons (Fsp3) is 0.350. The fourth-order valence-electron chi connectivity index (χ4n) is 3.25. The van der Waals surface area contributed by atoms with Gasteiger partial charge in [0.2, 0.25) is 5.91 Å². The minimum absolute atomic E-state index is 0.00524. The standard InChI is InChI=1S/C20H20BrF4N3O/c21-16-6-3-4-14(19(16)22)12-27-8-10-28(11-9-27)13-18(29)26-17-7-2-1-5-15(17)20(23,24)25/h1-7H,8-13H2,(H,26,29). The van der Waals surface area contributed by atoms with Crippen molar-refractivity contribution in [2.75, 3.05) is 38.0 Å². The third-order valence-electron chi connectivity index (χ3n) is 4.76. The summed E-state index contributed by atoms with van der Waals surface area (Å²) >= 11 is 3.18. The monoisotopic (exact) mass is 473 g/mol. The highest BCUT2D eigenvalue weighted by Gasteiger charge is 2.33. The molecular weight excluding hydrogens is 454 g/mol. The molecule has 0 bridgehead atoms. The molecule has 1 N–H and O–H groups in total. The molecule has 4 nitrogen and oxygen atoms in total. The number of rotatable bonds is 5. The minimum Gasteiger partial charge on any atom is -0.324 e. The van der Waals surface area contributed by atoms with Crippen molar-refractivity contribution < 1.29 is 22.4 Å². The summed E-state index contributed by atoms with van der Waals surface area (Å²) in [5.41, 5.74) is -0.516. The first-order chi connectivity index (χ1) is 13.7. The highest BCUT2D eigenvalue weighted by Crippen LogP contribution is 2.34. The number of halogens is 5. The van der Waals surface area contributed by atoms with Gasteiger partial charge in [-0.05, 0) is 34.1 Å². The second kappa shape index (κ2) is 9.23. The molecule has 1 heterocycles. The molecule has 1 amide bonds. The Hall–Kier alpha value is -1.97. The third-order valence-corrected chi connectivity index (χ3v) is 5.38. The Morgan fingerprint density at radius 2 is 1.66 bits per heavy atom. The van der Waals surface area contributed by atoms with E-state index in [1.165, 1.54) is 18.2 Å². The predicted octanol–water partition coefficient (Wildman–Crippen LogP) is 4.36. The van der Waals surface area contributed by atoms with E-state index < -0.39 is 17.6 Å². The Morgan fingerprint density at radius 3 is 2.34 bits per heavy atom. The zero-order valence-electron chi connectivity index (χ0n) is 15.5. The highest BCUT2D eigenvalue weighted by atomic mass is 79.9. The minimum atomic E-state index is -4.53. The van der Waals surface area contributed by atoms with Crippen LogP contribution in [-0.2, 0) is 17.5 Å². The SMILES string of the molecule is O=C(CN1CCN(Cc2cccc(Br)c2F)CC1)Nc1ccccc1C(F)(F)F. The van der Waals surface area contributed by atoms with Gasteiger partial charge >= 0.3 is 6.18 Å². The third kappa shape index (κ3) is 5.77. The number of anilines is 1. The largest absolute Gasteiger partial charge is 0.418 e. The fourth-order valence-corrected chi connectivity index (χ4v) is 3.66. The first-order valence-electron chi connectivity index (χ1n) is 9.07. The van der Waals surface area contributed by atoms with Gasteiger partial charge in [0, 0.05) is 38.3 Å². The van der Waals surface area contributed by atoms with Gasteiger partial charge < -0.3 is 5.32 Å². The zero-order valence-corrected chi connectivity index (χ0v) is 17.1. The first kappa shape index (κ1) is 21.7. The quantitative estimate of drug-likeness (QED) is 0.655. The van der Waals surface area contributed by atoms with Crippen LogP contribution in [0.3, 0.4) is 0 Å². The van der Waals surface area contributed by atoms with E-state index >= 15 is 0 Å². The number of carbonyl (C=O) groups excluding carboxylic acids is 1. The Balaban J connectivity index is 1.51. The molecule has 2 aromatic rings. The molecule has 156 valence electrons. The van der Waals surface area contributed by atoms with Crippen LogP contribution in [-0.4, -0.2) is 48.4 Å². The summed E-state index contributed by atoms with van der Waals surface area (Å²) in [6, 6.07) is 10.1. The van der Waals surface area contributed by atoms with Crippen molar-refractivity contribution in [2.45, 2.75) is 12.7 Å². The molecule has 3 rings (SSSR count). The first-order valence-corrected chi connectivity index (χ1v) is 9.87. The van der Waals surface area contributed by atoms with Gasteiger partial charge in [0.25, 0.3) is 0 Å². The van der Waals surface area contributed by atoms with E-state index in [9.17, 15) is 22.4 Å². The van der Waals surface area contributed by atoms with Crippen LogP contribution in [0.15, 0.2) is 46.9 Å². The molecule has 1 saturated heterocycles. The van der Waals surface area contributed by atoms with Crippen molar-refractivity contribution >= 4 is 27.5 Å². The number of nitrogens with zero attached hydrogens (tertiary/aromatic N) is 2. The van der Waals surface area contributed by atoms with E-state index in [1.54, 1.807) is 18.2 Å². The van der Waals surface area contributed by atoms with Gasteiger partial charge in [0.15, 0.2) is 0 Å². The molecule has 2 aromatic carbocycles. The molecule has 0 aliphatic carbocycles. The van der Waals surface area contributed by atoms with E-state index in [4.69, 9.17) is 0 Å². The van der Waals surface area contributed by atoms with Gasteiger partial charge in [0.05, 0.1) is 22.3 Å². The highest BCUT2D eigenvalue weighted by molar-refractivity contribution is 9.10. The van der Waals surface area contributed by atoms with Crippen LogP contribution >= 0.6 is 15.9 Å². The number of para-hydroxylation sites is 1. The smallest absolute Gasteiger partial charge is 0.324 e. The van der Waals surface area contributed by atoms with E-state index in [-0.39, 0.29) is 18.0 Å². The molecule has 0 spiro atoms. The average molecular weight is 474 g/mol. The Kier molecular flexibility index (Phi) is 6.92. The van der Waals surface area contributed by atoms with Crippen LogP contribution < -0.4 is 5.32 Å². The summed E-state index contributed by atoms with van der Waals surface area (Å²) in [5, 5.41) is 2.36. The molecule has 1 aliphatic rings. The van der Waals surface area contributed by atoms with Gasteiger partial charge in [-0.1, -0.05) is 24.3 Å². The van der Waals surface area contributed by atoms with Gasteiger partial charge in [-0.25, -0.2) is 4.39 Å². The van der Waals surface area contributed by atoms with Gasteiger partial charge in [-0.15, -0.1) is 0 Å². The maximum Gasteiger partial charge on any atom is 0.418 e. The van der Waals surface area contributed by atoms with Crippen LogP contribution in [0, 0.1) is 5.82 Å². The number of benzene rings is 2. The molecule has 1 fully saturated rings. The Labute approximate surface area is 174 Å². The number of hydrogen-bond donors (Lipinski definition) is 1. The van der Waals surface area contributed by atoms with Crippen molar-refractivity contribution in [3.63, 3.8) is 0 Å². The van der Waals surface area contributed by atoms with Crippen LogP contribution in [0.5, 0.6) is 0 Å². The van der Waals surface area contributed by atoms with Crippen LogP contribution in [0.25, 0.3) is 0 Å². The van der Waals surface area contributed by atoms with Crippen molar-refractivity contribution in [3.8, 4) is 0 Å². The summed E-state index contributed by atoms with van der Waals surface area (Å²) in [4.78, 5) is 16.2. The Bertz CT molecular complexity index is 867. The predicted molar refractivity (Wildman–Crippen MR) is 106 cm³/mol. The maximum absolute atomic E-state index is 14.1. The van der Waals surface area contributed by atoms with Crippen molar-refractivity contribution in [1.82, 2.24) is 9.80 Å². The number of alkyl halides is 3. The van der Waals surface area contributed by atoms with Crippen molar-refractivity contribution in [3.05, 3.63) is 63.9 Å². The topological polar surface area (TPSA) is 35.6 Å². The van der Waals surface area contributed by atoms with Gasteiger partial charge in [-0.3, -0.25) is 14.6 Å². The molecule has 0 saturated carbocycles. The lowest BCUT2D eigenvalue weighted by Gasteiger charge is -2.34. The summed E-state index contributed by atoms with van der Waals surface area (Å²) in [5.74, 6) is -0.772. The summed E-state index contributed by atoms with van der Waals surface area (Å²) in [6.45, 7) is 2.89. The van der Waals surface area contributed by atoms with E-state index in [1.807, 2.05) is 4.90 Å². The summed E-state index contributed by atoms with van der Waals surface area (Å²) < 4.78 is 53.6. The van der Waals surface area contributed by atoms with Crippen LogP contribution in [0.1, 0.15) is 11.1 Å². The lowest BCUT2D eigenvalue weighted by Crippen LogP contribution is -2.48. The molecule has 0 radical (unpaired) electrons. The molecule has 0 unspecified atom stereocenters. The molecule has 29 heavy (non-hydrogen) atoms. The summed E-state index contributed by atoms with van der Waals surface area (Å²) in [6.07, 6.45) is -4.53. The van der Waals surface area contributed by atoms with Crippen molar-refractivity contribution in [1.29, 1.82) is 0 Å². The lowest BCUT2D eigenvalue weighted by atomic mass is 10.1. The Morgan fingerprint density at radius 1 is 1.00 bits per heavy atom. The number of hydrogen-bond acceptors (Lipinski definition) is 3. The molecule has 9 heteroatoms. The van der Waals surface area contributed by atoms with Gasteiger partial charge in [0.1, 0.15) is 5.82 Å². The number of amides is 1. The van der Waals surface area contributed by atoms with Gasteiger partial charge in [-0.2, -0.15) is 13.2 Å².